The van der Waals surface area contributed by atoms with E-state index in [4.69, 9.17) is 13.9 Å². The molecule has 0 saturated heterocycles. The summed E-state index contributed by atoms with van der Waals surface area (Å²) >= 11 is 0. The second kappa shape index (κ2) is 8.99. The van der Waals surface area contributed by atoms with E-state index < -0.39 is 16.1 Å². The summed E-state index contributed by atoms with van der Waals surface area (Å²) in [5.41, 5.74) is 2.55. The van der Waals surface area contributed by atoms with Crippen molar-refractivity contribution in [2.75, 3.05) is 25.2 Å². The molecule has 0 radical (unpaired) electrons. The average molecular weight is 470 g/mol. The highest BCUT2D eigenvalue weighted by molar-refractivity contribution is 7.92. The molecule has 172 valence electrons. The fourth-order valence-corrected chi connectivity index (χ4v) is 4.24. The van der Waals surface area contributed by atoms with E-state index >= 15 is 0 Å². The highest BCUT2D eigenvalue weighted by Crippen LogP contribution is 2.38. The minimum atomic E-state index is -3.43. The molecule has 0 spiro atoms. The Labute approximate surface area is 191 Å². The number of carbonyl (C=O) groups excluding carboxylic acids is 1. The summed E-state index contributed by atoms with van der Waals surface area (Å²) in [5, 5.41) is 5.98. The number of methoxy groups -OCH3 is 2. The number of hydrogen-bond acceptors (Lipinski definition) is 7. The highest BCUT2D eigenvalue weighted by atomic mass is 32.2. The molecular weight excluding hydrogens is 446 g/mol. The maximum absolute atomic E-state index is 13.2. The number of nitrogens with zero attached hydrogens (tertiary/aromatic N) is 2. The minimum absolute atomic E-state index is 0.165. The molecule has 1 N–H and O–H groups in total. The smallest absolute Gasteiger partial charge is 0.310 e. The van der Waals surface area contributed by atoms with Crippen molar-refractivity contribution >= 4 is 27.3 Å². The third-order valence-corrected chi connectivity index (χ3v) is 5.75. The molecule has 0 saturated carbocycles. The van der Waals surface area contributed by atoms with Crippen LogP contribution in [0.2, 0.25) is 0 Å². The minimum Gasteiger partial charge on any atom is -0.493 e. The number of benzene rings is 2. The number of hydrogen-bond donors (Lipinski definition) is 1. The van der Waals surface area contributed by atoms with Gasteiger partial charge in [0.1, 0.15) is 0 Å². The van der Waals surface area contributed by atoms with E-state index in [2.05, 4.69) is 9.82 Å². The first-order valence-electron chi connectivity index (χ1n) is 10.0. The predicted molar refractivity (Wildman–Crippen MR) is 123 cm³/mol. The highest BCUT2D eigenvalue weighted by Gasteiger charge is 2.35. The van der Waals surface area contributed by atoms with Crippen LogP contribution < -0.4 is 14.2 Å². The zero-order valence-corrected chi connectivity index (χ0v) is 19.1. The molecule has 9 nitrogen and oxygen atoms in total. The molecule has 1 aromatic heterocycles. The number of anilines is 1. The van der Waals surface area contributed by atoms with Crippen molar-refractivity contribution in [3.05, 3.63) is 77.7 Å². The van der Waals surface area contributed by atoms with Crippen molar-refractivity contribution in [3.8, 4) is 11.5 Å². The number of amides is 1. The van der Waals surface area contributed by atoms with Crippen LogP contribution in [0.5, 0.6) is 11.5 Å². The molecule has 0 fully saturated rings. The van der Waals surface area contributed by atoms with Crippen LogP contribution in [0, 0.1) is 0 Å². The molecule has 33 heavy (non-hydrogen) atoms. The van der Waals surface area contributed by atoms with Crippen molar-refractivity contribution in [3.63, 3.8) is 0 Å². The monoisotopic (exact) mass is 469 g/mol. The number of sulfonamides is 1. The van der Waals surface area contributed by atoms with Gasteiger partial charge in [-0.05, 0) is 47.5 Å². The summed E-state index contributed by atoms with van der Waals surface area (Å²) in [4.78, 5) is 13.2. The van der Waals surface area contributed by atoms with Gasteiger partial charge in [0.2, 0.25) is 10.0 Å². The molecule has 1 amide bonds. The SMILES string of the molecule is COc1ccc([C@H]2CC(c3cccc(NS(C)(=O)=O)c3)=NN2C(=O)c2ccco2)cc1OC. The summed E-state index contributed by atoms with van der Waals surface area (Å²) < 4.78 is 41.8. The van der Waals surface area contributed by atoms with Crippen molar-refractivity contribution in [1.82, 2.24) is 5.01 Å². The Balaban J connectivity index is 1.73. The van der Waals surface area contributed by atoms with Crippen molar-refractivity contribution < 1.29 is 27.1 Å². The number of ether oxygens (including phenoxy) is 2. The number of hydrazone groups is 1. The van der Waals surface area contributed by atoms with Gasteiger partial charge >= 0.3 is 5.91 Å². The Morgan fingerprint density at radius 1 is 1.09 bits per heavy atom. The standard InChI is InChI=1S/C23H23N3O6S/c1-30-20-10-9-16(13-22(20)31-2)19-14-18(24-26(19)23(27)21-8-5-11-32-21)15-6-4-7-17(12-15)25-33(3,28)29/h4-13,19,25H,14H2,1-3H3/t19-/m1/s1. The molecule has 3 aromatic rings. The molecular formula is C23H23N3O6S. The summed E-state index contributed by atoms with van der Waals surface area (Å²) in [6.45, 7) is 0. The number of carbonyl (C=O) groups is 1. The predicted octanol–water partition coefficient (Wildman–Crippen LogP) is 3.66. The number of furan rings is 1. The van der Waals surface area contributed by atoms with Crippen LogP contribution in [0.25, 0.3) is 0 Å². The second-order valence-electron chi connectivity index (χ2n) is 7.46. The Hall–Kier alpha value is -3.79. The molecule has 0 unspecified atom stereocenters. The molecule has 1 aliphatic rings. The summed E-state index contributed by atoms with van der Waals surface area (Å²) in [6.07, 6.45) is 2.92. The first-order valence-corrected chi connectivity index (χ1v) is 11.9. The summed E-state index contributed by atoms with van der Waals surface area (Å²) in [6, 6.07) is 15.1. The molecule has 2 aromatic carbocycles. The maximum Gasteiger partial charge on any atom is 0.310 e. The van der Waals surface area contributed by atoms with E-state index in [-0.39, 0.29) is 11.7 Å². The van der Waals surface area contributed by atoms with Crippen molar-refractivity contribution in [2.24, 2.45) is 5.10 Å². The molecule has 0 bridgehead atoms. The Bertz CT molecular complexity index is 1300. The number of nitrogens with one attached hydrogen (secondary N) is 1. The lowest BCUT2D eigenvalue weighted by Crippen LogP contribution is -2.26. The lowest BCUT2D eigenvalue weighted by Gasteiger charge is -2.22. The first kappa shape index (κ1) is 22.4. The quantitative estimate of drug-likeness (QED) is 0.565. The zero-order chi connectivity index (χ0) is 23.6. The average Bonchev–Trinajstić information content (AvgIpc) is 3.48. The normalized spacial score (nSPS) is 15.8. The van der Waals surface area contributed by atoms with Gasteiger partial charge in [0, 0.05) is 12.1 Å². The third-order valence-electron chi connectivity index (χ3n) is 5.14. The van der Waals surface area contributed by atoms with E-state index in [9.17, 15) is 13.2 Å². The fraction of sp³-hybridized carbons (Fsp3) is 0.217. The zero-order valence-electron chi connectivity index (χ0n) is 18.3. The van der Waals surface area contributed by atoms with Crippen molar-refractivity contribution in [1.29, 1.82) is 0 Å². The second-order valence-corrected chi connectivity index (χ2v) is 9.21. The molecule has 1 atom stereocenters. The fourth-order valence-electron chi connectivity index (χ4n) is 3.68. The van der Waals surface area contributed by atoms with Crippen LogP contribution in [0.15, 0.2) is 70.4 Å². The van der Waals surface area contributed by atoms with Crippen LogP contribution >= 0.6 is 0 Å². The van der Waals surface area contributed by atoms with Crippen LogP contribution in [-0.2, 0) is 10.0 Å². The third kappa shape index (κ3) is 4.85. The molecule has 10 heteroatoms. The van der Waals surface area contributed by atoms with E-state index in [1.807, 2.05) is 18.2 Å². The molecule has 2 heterocycles. The summed E-state index contributed by atoms with van der Waals surface area (Å²) in [5.74, 6) is 0.884. The van der Waals surface area contributed by atoms with Gasteiger partial charge < -0.3 is 13.9 Å². The van der Waals surface area contributed by atoms with E-state index in [1.165, 1.54) is 11.3 Å². The van der Waals surface area contributed by atoms with Gasteiger partial charge in [0.05, 0.1) is 38.5 Å². The molecule has 0 aliphatic carbocycles. The topological polar surface area (TPSA) is 110 Å². The van der Waals surface area contributed by atoms with Gasteiger partial charge in [0.25, 0.3) is 0 Å². The van der Waals surface area contributed by atoms with Crippen LogP contribution in [0.1, 0.15) is 34.1 Å². The first-order chi connectivity index (χ1) is 15.8. The van der Waals surface area contributed by atoms with E-state index in [1.54, 1.807) is 50.6 Å². The van der Waals surface area contributed by atoms with Crippen LogP contribution in [0.3, 0.4) is 0 Å². The van der Waals surface area contributed by atoms with Gasteiger partial charge in [0.15, 0.2) is 17.3 Å². The van der Waals surface area contributed by atoms with E-state index in [0.717, 1.165) is 11.8 Å². The van der Waals surface area contributed by atoms with Gasteiger partial charge in [-0.3, -0.25) is 9.52 Å². The van der Waals surface area contributed by atoms with Gasteiger partial charge in [-0.25, -0.2) is 13.4 Å². The number of rotatable bonds is 7. The summed E-state index contributed by atoms with van der Waals surface area (Å²) in [7, 11) is -0.332. The Kier molecular flexibility index (Phi) is 6.10. The van der Waals surface area contributed by atoms with Crippen LogP contribution in [-0.4, -0.2) is 45.5 Å². The van der Waals surface area contributed by atoms with Gasteiger partial charge in [-0.2, -0.15) is 5.10 Å². The van der Waals surface area contributed by atoms with Crippen LogP contribution in [0.4, 0.5) is 5.69 Å². The lowest BCUT2D eigenvalue weighted by molar-refractivity contribution is 0.0678. The maximum atomic E-state index is 13.2. The van der Waals surface area contributed by atoms with E-state index in [0.29, 0.717) is 34.9 Å². The van der Waals surface area contributed by atoms with Crippen molar-refractivity contribution in [2.45, 2.75) is 12.5 Å². The lowest BCUT2D eigenvalue weighted by atomic mass is 9.97. The Morgan fingerprint density at radius 2 is 1.88 bits per heavy atom. The Morgan fingerprint density at radius 3 is 2.55 bits per heavy atom. The van der Waals surface area contributed by atoms with Gasteiger partial charge in [-0.15, -0.1) is 0 Å². The molecule has 4 rings (SSSR count). The van der Waals surface area contributed by atoms with Gasteiger partial charge in [-0.1, -0.05) is 18.2 Å². The molecule has 1 aliphatic heterocycles. The largest absolute Gasteiger partial charge is 0.493 e.